The highest BCUT2D eigenvalue weighted by atomic mass is 16.6. The van der Waals surface area contributed by atoms with Crippen molar-refractivity contribution in [1.82, 2.24) is 9.97 Å². The van der Waals surface area contributed by atoms with Crippen LogP contribution in [0.3, 0.4) is 0 Å². The first-order valence-corrected chi connectivity index (χ1v) is 5.91. The molecule has 0 spiro atoms. The Morgan fingerprint density at radius 1 is 1.30 bits per heavy atom. The van der Waals surface area contributed by atoms with Crippen molar-refractivity contribution in [3.05, 3.63) is 45.1 Å². The van der Waals surface area contributed by atoms with Crippen molar-refractivity contribution in [1.29, 1.82) is 0 Å². The molecule has 0 amide bonds. The van der Waals surface area contributed by atoms with Gasteiger partial charge < -0.3 is 10.5 Å². The van der Waals surface area contributed by atoms with Crippen molar-refractivity contribution in [3.8, 4) is 11.6 Å². The van der Waals surface area contributed by atoms with E-state index in [1.54, 1.807) is 6.07 Å². The fraction of sp³-hybridized carbons (Fsp3) is 0.231. The number of anilines is 1. The Morgan fingerprint density at radius 2 is 2.00 bits per heavy atom. The number of ether oxygens (including phenoxy) is 1. The molecule has 0 saturated carbocycles. The second-order valence-corrected chi connectivity index (χ2v) is 4.48. The van der Waals surface area contributed by atoms with Crippen molar-refractivity contribution in [2.45, 2.75) is 20.8 Å². The second-order valence-electron chi connectivity index (χ2n) is 4.48. The first-order valence-electron chi connectivity index (χ1n) is 5.91. The smallest absolute Gasteiger partial charge is 0.349 e. The van der Waals surface area contributed by atoms with Gasteiger partial charge in [0.2, 0.25) is 5.95 Å². The SMILES string of the molecule is Cc1cc(C)c(C)c(Oc2nc(N)ncc2[N+](=O)[O-])c1. The summed E-state index contributed by atoms with van der Waals surface area (Å²) in [5.41, 5.74) is 8.05. The van der Waals surface area contributed by atoms with Crippen molar-refractivity contribution in [3.63, 3.8) is 0 Å². The van der Waals surface area contributed by atoms with E-state index in [4.69, 9.17) is 10.5 Å². The zero-order chi connectivity index (χ0) is 14.9. The van der Waals surface area contributed by atoms with E-state index in [0.717, 1.165) is 22.9 Å². The average molecular weight is 274 g/mol. The first-order chi connectivity index (χ1) is 9.38. The fourth-order valence-corrected chi connectivity index (χ4v) is 1.78. The molecule has 0 radical (unpaired) electrons. The maximum atomic E-state index is 10.9. The van der Waals surface area contributed by atoms with Crippen LogP contribution in [0.5, 0.6) is 11.6 Å². The van der Waals surface area contributed by atoms with Crippen molar-refractivity contribution in [2.75, 3.05) is 5.73 Å². The van der Waals surface area contributed by atoms with Gasteiger partial charge >= 0.3 is 11.6 Å². The fourth-order valence-electron chi connectivity index (χ4n) is 1.78. The molecule has 0 aliphatic rings. The van der Waals surface area contributed by atoms with Crippen LogP contribution in [0.2, 0.25) is 0 Å². The summed E-state index contributed by atoms with van der Waals surface area (Å²) < 4.78 is 5.57. The zero-order valence-electron chi connectivity index (χ0n) is 11.4. The minimum absolute atomic E-state index is 0.0763. The van der Waals surface area contributed by atoms with Crippen LogP contribution in [0.25, 0.3) is 0 Å². The molecule has 0 saturated heterocycles. The van der Waals surface area contributed by atoms with Crippen LogP contribution in [0.15, 0.2) is 18.3 Å². The molecule has 0 aliphatic heterocycles. The number of hydrogen-bond donors (Lipinski definition) is 1. The maximum Gasteiger partial charge on any atom is 0.349 e. The highest BCUT2D eigenvalue weighted by Crippen LogP contribution is 2.32. The van der Waals surface area contributed by atoms with Gasteiger partial charge in [-0.2, -0.15) is 4.98 Å². The van der Waals surface area contributed by atoms with Crippen LogP contribution in [-0.2, 0) is 0 Å². The number of nitrogens with two attached hydrogens (primary N) is 1. The van der Waals surface area contributed by atoms with Gasteiger partial charge in [0.15, 0.2) is 0 Å². The van der Waals surface area contributed by atoms with Gasteiger partial charge in [-0.25, -0.2) is 4.98 Å². The molecule has 1 aromatic carbocycles. The summed E-state index contributed by atoms with van der Waals surface area (Å²) in [5, 5.41) is 10.9. The molecule has 2 aromatic rings. The molecule has 0 aliphatic carbocycles. The number of rotatable bonds is 3. The van der Waals surface area contributed by atoms with Crippen molar-refractivity contribution < 1.29 is 9.66 Å². The normalized spacial score (nSPS) is 10.3. The number of nitrogens with zero attached hydrogens (tertiary/aromatic N) is 3. The molecule has 104 valence electrons. The minimum Gasteiger partial charge on any atom is -0.433 e. The van der Waals surface area contributed by atoms with Crippen LogP contribution < -0.4 is 10.5 Å². The lowest BCUT2D eigenvalue weighted by Crippen LogP contribution is -2.02. The van der Waals surface area contributed by atoms with E-state index in [-0.39, 0.29) is 17.5 Å². The molecule has 7 heteroatoms. The summed E-state index contributed by atoms with van der Waals surface area (Å²) >= 11 is 0. The predicted molar refractivity (Wildman–Crippen MR) is 73.8 cm³/mol. The van der Waals surface area contributed by atoms with Gasteiger partial charge in [0.05, 0.1) is 4.92 Å². The Labute approximate surface area is 115 Å². The van der Waals surface area contributed by atoms with Gasteiger partial charge in [0.1, 0.15) is 11.9 Å². The molecular weight excluding hydrogens is 260 g/mol. The van der Waals surface area contributed by atoms with Gasteiger partial charge in [-0.1, -0.05) is 6.07 Å². The summed E-state index contributed by atoms with van der Waals surface area (Å²) in [5.74, 6) is 0.284. The molecule has 0 bridgehead atoms. The molecule has 2 N–H and O–H groups in total. The Hall–Kier alpha value is -2.70. The monoisotopic (exact) mass is 274 g/mol. The molecular formula is C13H14N4O3. The molecule has 20 heavy (non-hydrogen) atoms. The summed E-state index contributed by atoms with van der Waals surface area (Å²) in [6.45, 7) is 5.74. The standard InChI is InChI=1S/C13H14N4O3/c1-7-4-8(2)9(3)11(5-7)20-12-10(17(18)19)6-15-13(14)16-12/h4-6H,1-3H3,(H2,14,15,16). The third-order valence-electron chi connectivity index (χ3n) is 2.92. The maximum absolute atomic E-state index is 10.9. The Bertz CT molecular complexity index is 686. The molecule has 0 fully saturated rings. The minimum atomic E-state index is -0.604. The van der Waals surface area contributed by atoms with Crippen LogP contribution in [-0.4, -0.2) is 14.9 Å². The van der Waals surface area contributed by atoms with E-state index >= 15 is 0 Å². The molecule has 1 heterocycles. The van der Waals surface area contributed by atoms with Gasteiger partial charge in [0.25, 0.3) is 0 Å². The lowest BCUT2D eigenvalue weighted by molar-refractivity contribution is -0.386. The predicted octanol–water partition coefficient (Wildman–Crippen LogP) is 2.68. The molecule has 2 rings (SSSR count). The summed E-state index contributed by atoms with van der Waals surface area (Å²) in [6.07, 6.45) is 1.04. The number of benzene rings is 1. The molecule has 1 aromatic heterocycles. The van der Waals surface area contributed by atoms with Gasteiger partial charge in [-0.15, -0.1) is 0 Å². The highest BCUT2D eigenvalue weighted by Gasteiger charge is 2.20. The summed E-state index contributed by atoms with van der Waals surface area (Å²) in [7, 11) is 0. The number of aryl methyl sites for hydroxylation is 2. The van der Waals surface area contributed by atoms with E-state index in [1.807, 2.05) is 26.8 Å². The van der Waals surface area contributed by atoms with Crippen molar-refractivity contribution >= 4 is 11.6 Å². The third kappa shape index (κ3) is 2.66. The lowest BCUT2D eigenvalue weighted by Gasteiger charge is -2.11. The Kier molecular flexibility index (Phi) is 3.51. The van der Waals surface area contributed by atoms with E-state index < -0.39 is 4.92 Å². The number of nitro groups is 1. The lowest BCUT2D eigenvalue weighted by atomic mass is 10.1. The topological polar surface area (TPSA) is 104 Å². The number of nitrogen functional groups attached to an aromatic ring is 1. The van der Waals surface area contributed by atoms with Crippen LogP contribution in [0, 0.1) is 30.9 Å². The van der Waals surface area contributed by atoms with Crippen LogP contribution in [0.4, 0.5) is 11.6 Å². The van der Waals surface area contributed by atoms with Crippen molar-refractivity contribution in [2.24, 2.45) is 0 Å². The second kappa shape index (κ2) is 5.12. The highest BCUT2D eigenvalue weighted by molar-refractivity contribution is 5.48. The van der Waals surface area contributed by atoms with E-state index in [0.29, 0.717) is 5.75 Å². The summed E-state index contributed by atoms with van der Waals surface area (Å²) in [4.78, 5) is 17.7. The van der Waals surface area contributed by atoms with E-state index in [9.17, 15) is 10.1 Å². The molecule has 0 atom stereocenters. The largest absolute Gasteiger partial charge is 0.433 e. The quantitative estimate of drug-likeness (QED) is 0.681. The third-order valence-corrected chi connectivity index (χ3v) is 2.92. The number of aromatic nitrogens is 2. The van der Waals surface area contributed by atoms with Crippen LogP contribution in [0.1, 0.15) is 16.7 Å². The van der Waals surface area contributed by atoms with Gasteiger partial charge in [-0.3, -0.25) is 10.1 Å². The van der Waals surface area contributed by atoms with E-state index in [1.165, 1.54) is 0 Å². The van der Waals surface area contributed by atoms with Gasteiger partial charge in [0, 0.05) is 0 Å². The van der Waals surface area contributed by atoms with Gasteiger partial charge in [-0.05, 0) is 43.5 Å². The molecule has 0 unspecified atom stereocenters. The average Bonchev–Trinajstić information content (AvgIpc) is 2.35. The number of hydrogen-bond acceptors (Lipinski definition) is 6. The molecule has 7 nitrogen and oxygen atoms in total. The van der Waals surface area contributed by atoms with Crippen LogP contribution >= 0.6 is 0 Å². The first kappa shape index (κ1) is 13.7. The summed E-state index contributed by atoms with van der Waals surface area (Å²) in [6, 6.07) is 3.80. The van der Waals surface area contributed by atoms with E-state index in [2.05, 4.69) is 9.97 Å². The Morgan fingerprint density at radius 3 is 2.65 bits per heavy atom. The Balaban J connectivity index is 2.50. The zero-order valence-corrected chi connectivity index (χ0v) is 11.4.